The topological polar surface area (TPSA) is 70.1 Å². The fraction of sp³-hybridized carbons (Fsp3) is 0.750. The Bertz CT molecular complexity index is 607. The number of hydrogen-bond acceptors (Lipinski definition) is 5. The third-order valence-electron chi connectivity index (χ3n) is 6.76. The van der Waals surface area contributed by atoms with Gasteiger partial charge >= 0.3 is 11.9 Å². The number of carboxylic acids is 1. The van der Waals surface area contributed by atoms with Crippen molar-refractivity contribution in [1.82, 2.24) is 9.80 Å². The van der Waals surface area contributed by atoms with Crippen molar-refractivity contribution in [2.45, 2.75) is 53.4 Å². The third kappa shape index (κ3) is 7.24. The summed E-state index contributed by atoms with van der Waals surface area (Å²) in [6, 6.07) is 0. The lowest BCUT2D eigenvalue weighted by Crippen LogP contribution is -2.50. The Labute approximate surface area is 182 Å². The highest BCUT2D eigenvalue weighted by molar-refractivity contribution is 5.76. The quantitative estimate of drug-likeness (QED) is 0.518. The van der Waals surface area contributed by atoms with Crippen molar-refractivity contribution < 1.29 is 19.4 Å². The number of aliphatic carboxylic acids is 1. The van der Waals surface area contributed by atoms with Crippen LogP contribution in [0.15, 0.2) is 24.3 Å². The largest absolute Gasteiger partial charge is 0.481 e. The molecule has 2 saturated heterocycles. The predicted molar refractivity (Wildman–Crippen MR) is 121 cm³/mol. The maximum Gasteiger partial charge on any atom is 0.310 e. The molecule has 172 valence electrons. The fourth-order valence-electron chi connectivity index (χ4n) is 3.98. The number of carbonyl (C=O) groups excluding carboxylic acids is 1. The second kappa shape index (κ2) is 11.7. The minimum absolute atomic E-state index is 0.0272. The molecule has 0 aromatic carbocycles. The first-order valence-corrected chi connectivity index (χ1v) is 11.0. The number of carboxylic acid groups (broad SMARTS) is 1. The molecule has 0 aromatic rings. The third-order valence-corrected chi connectivity index (χ3v) is 6.76. The molecule has 1 N–H and O–H groups in total. The lowest BCUT2D eigenvalue weighted by atomic mass is 9.60. The van der Waals surface area contributed by atoms with Crippen LogP contribution < -0.4 is 0 Å². The van der Waals surface area contributed by atoms with Gasteiger partial charge in [-0.1, -0.05) is 25.5 Å². The molecule has 0 aromatic heterocycles. The molecule has 0 spiro atoms. The van der Waals surface area contributed by atoms with Crippen LogP contribution in [0.5, 0.6) is 0 Å². The summed E-state index contributed by atoms with van der Waals surface area (Å²) in [5, 5.41) is 9.48. The van der Waals surface area contributed by atoms with Crippen LogP contribution in [-0.2, 0) is 14.3 Å². The highest BCUT2D eigenvalue weighted by Gasteiger charge is 2.50. The molecule has 30 heavy (non-hydrogen) atoms. The van der Waals surface area contributed by atoms with Crippen molar-refractivity contribution in [1.29, 1.82) is 0 Å². The van der Waals surface area contributed by atoms with E-state index in [0.29, 0.717) is 19.4 Å². The average molecular weight is 423 g/mol. The molecule has 2 aliphatic rings. The number of allylic oxidation sites excluding steroid dienone is 2. The van der Waals surface area contributed by atoms with Gasteiger partial charge in [0.15, 0.2) is 0 Å². The van der Waals surface area contributed by atoms with E-state index in [1.165, 1.54) is 5.57 Å². The van der Waals surface area contributed by atoms with Crippen LogP contribution in [-0.4, -0.2) is 73.7 Å². The zero-order valence-electron chi connectivity index (χ0n) is 19.9. The lowest BCUT2D eigenvalue weighted by Gasteiger charge is -2.46. The Morgan fingerprint density at radius 3 is 2.03 bits per heavy atom. The smallest absolute Gasteiger partial charge is 0.310 e. The minimum Gasteiger partial charge on any atom is -0.481 e. The van der Waals surface area contributed by atoms with Gasteiger partial charge in [-0.15, -0.1) is 6.58 Å². The second-order valence-electron chi connectivity index (χ2n) is 9.61. The maximum atomic E-state index is 11.6. The van der Waals surface area contributed by atoms with Crippen molar-refractivity contribution >= 4 is 11.9 Å². The highest BCUT2D eigenvalue weighted by Crippen LogP contribution is 2.47. The van der Waals surface area contributed by atoms with E-state index in [4.69, 9.17) is 4.74 Å². The van der Waals surface area contributed by atoms with Crippen molar-refractivity contribution in [3.63, 3.8) is 0 Å². The number of esters is 1. The van der Waals surface area contributed by atoms with E-state index < -0.39 is 11.4 Å². The first kappa shape index (κ1) is 26.4. The Balaban J connectivity index is 0.000000300. The zero-order valence-corrected chi connectivity index (χ0v) is 19.9. The van der Waals surface area contributed by atoms with Gasteiger partial charge in [0.1, 0.15) is 6.61 Å². The Morgan fingerprint density at radius 1 is 1.10 bits per heavy atom. The van der Waals surface area contributed by atoms with Crippen molar-refractivity contribution in [3.05, 3.63) is 24.3 Å². The van der Waals surface area contributed by atoms with E-state index in [1.807, 2.05) is 40.8 Å². The van der Waals surface area contributed by atoms with Crippen molar-refractivity contribution in [2.75, 3.05) is 46.9 Å². The van der Waals surface area contributed by atoms with E-state index in [1.54, 1.807) is 6.08 Å². The van der Waals surface area contributed by atoms with Gasteiger partial charge < -0.3 is 19.6 Å². The average Bonchev–Trinajstić information content (AvgIpc) is 2.69. The molecule has 0 saturated carbocycles. The lowest BCUT2D eigenvalue weighted by molar-refractivity contribution is -0.159. The highest BCUT2D eigenvalue weighted by atomic mass is 16.5. The zero-order chi connectivity index (χ0) is 22.9. The monoisotopic (exact) mass is 422 g/mol. The molecular formula is C24H42N2O4. The Hall–Kier alpha value is -1.66. The number of rotatable bonds is 6. The summed E-state index contributed by atoms with van der Waals surface area (Å²) in [7, 11) is 4.12. The summed E-state index contributed by atoms with van der Waals surface area (Å²) in [5.74, 6) is -0.590. The summed E-state index contributed by atoms with van der Waals surface area (Å²) in [6.07, 6.45) is 7.00. The Kier molecular flexibility index (Phi) is 10.2. The van der Waals surface area contributed by atoms with E-state index in [0.717, 1.165) is 39.0 Å². The number of nitrogens with zero attached hydrogens (tertiary/aromatic N) is 2. The van der Waals surface area contributed by atoms with Crippen LogP contribution in [0.4, 0.5) is 0 Å². The van der Waals surface area contributed by atoms with Crippen molar-refractivity contribution in [2.24, 2.45) is 16.7 Å². The molecule has 0 aliphatic carbocycles. The first-order valence-electron chi connectivity index (χ1n) is 11.0. The van der Waals surface area contributed by atoms with Gasteiger partial charge in [0.2, 0.25) is 0 Å². The molecule has 0 radical (unpaired) electrons. The molecular weight excluding hydrogens is 380 g/mol. The summed E-state index contributed by atoms with van der Waals surface area (Å²) in [5.41, 5.74) is 0.202. The van der Waals surface area contributed by atoms with Crippen LogP contribution in [0.1, 0.15) is 53.4 Å². The van der Waals surface area contributed by atoms with Gasteiger partial charge in [0.25, 0.3) is 0 Å². The molecule has 6 nitrogen and oxygen atoms in total. The molecule has 2 fully saturated rings. The van der Waals surface area contributed by atoms with E-state index in [9.17, 15) is 14.7 Å². The van der Waals surface area contributed by atoms with Gasteiger partial charge in [0, 0.05) is 0 Å². The molecule has 0 atom stereocenters. The second-order valence-corrected chi connectivity index (χ2v) is 9.61. The van der Waals surface area contributed by atoms with E-state index in [2.05, 4.69) is 23.4 Å². The number of piperidine rings is 2. The molecule has 2 aliphatic heterocycles. The normalized spacial score (nSPS) is 20.5. The standard InChI is InChI=1S/2C12H21NO2/c1-10(2)6-9-15-12(14)11-4-7-13(3)8-5-11;1-5-11(2,3)12(10(14)15)6-8-13(4)9-7-12/h6,11H,4-5,7-9H2,1-3H3;5H,1,6-9H2,2-4H3,(H,14,15). The minimum atomic E-state index is -0.680. The summed E-state index contributed by atoms with van der Waals surface area (Å²) >= 11 is 0. The van der Waals surface area contributed by atoms with E-state index >= 15 is 0 Å². The Morgan fingerprint density at radius 2 is 1.60 bits per heavy atom. The van der Waals surface area contributed by atoms with Gasteiger partial charge in [-0.05, 0) is 91.3 Å². The molecule has 0 amide bonds. The SMILES string of the molecule is C=CC(C)(C)C1(C(=O)O)CCN(C)CC1.CC(C)=CCOC(=O)C1CCN(C)CC1. The fourth-order valence-corrected chi connectivity index (χ4v) is 3.98. The van der Waals surface area contributed by atoms with Crippen LogP contribution in [0.25, 0.3) is 0 Å². The summed E-state index contributed by atoms with van der Waals surface area (Å²) in [4.78, 5) is 27.6. The summed E-state index contributed by atoms with van der Waals surface area (Å²) in [6.45, 7) is 15.9. The van der Waals surface area contributed by atoms with Crippen LogP contribution in [0.3, 0.4) is 0 Å². The molecule has 0 unspecified atom stereocenters. The predicted octanol–water partition coefficient (Wildman–Crippen LogP) is 3.83. The van der Waals surface area contributed by atoms with Gasteiger partial charge in [-0.2, -0.15) is 0 Å². The number of likely N-dealkylation sites (tertiary alicyclic amines) is 2. The van der Waals surface area contributed by atoms with Gasteiger partial charge in [0.05, 0.1) is 11.3 Å². The van der Waals surface area contributed by atoms with Gasteiger partial charge in [-0.3, -0.25) is 9.59 Å². The molecule has 2 rings (SSSR count). The maximum absolute atomic E-state index is 11.6. The molecule has 6 heteroatoms. The number of ether oxygens (including phenoxy) is 1. The van der Waals surface area contributed by atoms with Crippen LogP contribution >= 0.6 is 0 Å². The van der Waals surface area contributed by atoms with Crippen molar-refractivity contribution in [3.8, 4) is 0 Å². The van der Waals surface area contributed by atoms with E-state index in [-0.39, 0.29) is 17.3 Å². The molecule has 0 bridgehead atoms. The van der Waals surface area contributed by atoms with Crippen LogP contribution in [0, 0.1) is 16.7 Å². The number of hydrogen-bond donors (Lipinski definition) is 1. The van der Waals surface area contributed by atoms with Gasteiger partial charge in [-0.25, -0.2) is 0 Å². The number of carbonyl (C=O) groups is 2. The first-order chi connectivity index (χ1) is 13.9. The molecule has 2 heterocycles. The van der Waals surface area contributed by atoms with Crippen LogP contribution in [0.2, 0.25) is 0 Å². The summed E-state index contributed by atoms with van der Waals surface area (Å²) < 4.78 is 5.19.